The van der Waals surface area contributed by atoms with Gasteiger partial charge in [0.2, 0.25) is 5.43 Å². The number of halogens is 2. The van der Waals surface area contributed by atoms with Crippen LogP contribution in [0.15, 0.2) is 17.1 Å². The number of hydrogen-bond acceptors (Lipinski definition) is 6. The molecule has 164 valence electrons. The Kier molecular flexibility index (Phi) is 3.52. The van der Waals surface area contributed by atoms with Gasteiger partial charge in [-0.3, -0.25) is 4.79 Å². The minimum atomic E-state index is -1.45. The number of methoxy groups -OCH3 is 1. The lowest BCUT2D eigenvalue weighted by molar-refractivity contribution is 0.0694. The Bertz CT molecular complexity index is 1230. The number of carboxylic acids is 1. The Labute approximate surface area is 175 Å². The zero-order valence-corrected chi connectivity index (χ0v) is 16.7. The summed E-state index contributed by atoms with van der Waals surface area (Å²) in [5, 5.41) is 9.28. The number of benzene rings is 1. The highest BCUT2D eigenvalue weighted by Crippen LogP contribution is 2.64. The molecule has 0 bridgehead atoms. The van der Waals surface area contributed by atoms with Crippen LogP contribution in [0.5, 0.6) is 5.75 Å². The van der Waals surface area contributed by atoms with Crippen LogP contribution in [-0.4, -0.2) is 60.3 Å². The molecule has 0 radical (unpaired) electrons. The van der Waals surface area contributed by atoms with Crippen molar-refractivity contribution in [2.45, 2.75) is 36.7 Å². The number of aromatic carboxylic acids is 1. The highest BCUT2D eigenvalue weighted by molar-refractivity contribution is 5.97. The van der Waals surface area contributed by atoms with Gasteiger partial charge in [-0.25, -0.2) is 13.6 Å². The zero-order valence-electron chi connectivity index (χ0n) is 16.7. The fraction of sp³-hybridized carbons (Fsp3) is 0.524. The summed E-state index contributed by atoms with van der Waals surface area (Å²) in [5.41, 5.74) is 4.76. The highest BCUT2D eigenvalue weighted by Gasteiger charge is 2.75. The van der Waals surface area contributed by atoms with Gasteiger partial charge in [0.15, 0.2) is 11.6 Å². The molecule has 4 fully saturated rings. The Hall–Kier alpha value is -2.72. The maximum Gasteiger partial charge on any atom is 0.341 e. The molecule has 2 unspecified atom stereocenters. The van der Waals surface area contributed by atoms with E-state index in [0.717, 1.165) is 18.7 Å². The predicted octanol–water partition coefficient (Wildman–Crippen LogP) is 1.44. The second kappa shape index (κ2) is 5.74. The van der Waals surface area contributed by atoms with E-state index in [-0.39, 0.29) is 40.3 Å². The molecule has 31 heavy (non-hydrogen) atoms. The Balaban J connectivity index is 1.59. The van der Waals surface area contributed by atoms with Crippen LogP contribution in [0.1, 0.15) is 29.2 Å². The molecule has 0 amide bonds. The van der Waals surface area contributed by atoms with Crippen molar-refractivity contribution in [3.05, 3.63) is 33.9 Å². The second-order valence-electron chi connectivity index (χ2n) is 9.21. The second-order valence-corrected chi connectivity index (χ2v) is 9.21. The minimum Gasteiger partial charge on any atom is -0.492 e. The first-order chi connectivity index (χ1) is 14.7. The summed E-state index contributed by atoms with van der Waals surface area (Å²) in [6, 6.07) is 0.399. The lowest BCUT2D eigenvalue weighted by Crippen LogP contribution is -2.50. The molecule has 2 aliphatic carbocycles. The number of fused-ring (bicyclic) bond motifs is 1. The molecule has 4 aliphatic rings. The van der Waals surface area contributed by atoms with E-state index in [4.69, 9.17) is 15.2 Å². The summed E-state index contributed by atoms with van der Waals surface area (Å²) < 4.78 is 42.1. The van der Waals surface area contributed by atoms with E-state index in [1.807, 2.05) is 4.90 Å². The lowest BCUT2D eigenvalue weighted by Gasteiger charge is -2.27. The molecular weight excluding hydrogens is 412 g/mol. The number of aromatic nitrogens is 1. The summed E-state index contributed by atoms with van der Waals surface area (Å²) in [6.07, 6.45) is 1.02. The van der Waals surface area contributed by atoms with Gasteiger partial charge >= 0.3 is 5.97 Å². The first-order valence-electron chi connectivity index (χ1n) is 10.2. The molecule has 6 rings (SSSR count). The molecule has 10 heteroatoms. The van der Waals surface area contributed by atoms with Crippen LogP contribution in [0.25, 0.3) is 10.9 Å². The van der Waals surface area contributed by atoms with Crippen molar-refractivity contribution >= 4 is 22.6 Å². The molecule has 2 aromatic rings. The Morgan fingerprint density at radius 3 is 2.74 bits per heavy atom. The van der Waals surface area contributed by atoms with E-state index in [0.29, 0.717) is 19.7 Å². The number of carbonyl (C=O) groups is 1. The first-order valence-corrected chi connectivity index (χ1v) is 10.2. The van der Waals surface area contributed by atoms with E-state index < -0.39 is 40.5 Å². The van der Waals surface area contributed by atoms with Gasteiger partial charge < -0.3 is 29.8 Å². The summed E-state index contributed by atoms with van der Waals surface area (Å²) in [4.78, 5) is 26.2. The van der Waals surface area contributed by atoms with Crippen LogP contribution < -0.4 is 20.8 Å². The van der Waals surface area contributed by atoms with Crippen LogP contribution in [0, 0.1) is 11.2 Å². The van der Waals surface area contributed by atoms with Crippen molar-refractivity contribution < 1.29 is 28.2 Å². The van der Waals surface area contributed by atoms with Gasteiger partial charge in [-0.1, -0.05) is 0 Å². The van der Waals surface area contributed by atoms with Crippen LogP contribution in [-0.2, 0) is 4.74 Å². The molecule has 2 aliphatic heterocycles. The third kappa shape index (κ3) is 2.29. The average Bonchev–Trinajstić information content (AvgIpc) is 3.56. The summed E-state index contributed by atoms with van der Waals surface area (Å²) in [6.45, 7) is 1.23. The van der Waals surface area contributed by atoms with E-state index in [1.54, 1.807) is 0 Å². The van der Waals surface area contributed by atoms with Crippen LogP contribution in [0.3, 0.4) is 0 Å². The van der Waals surface area contributed by atoms with E-state index in [2.05, 4.69) is 0 Å². The molecule has 1 aromatic heterocycles. The molecule has 3 heterocycles. The van der Waals surface area contributed by atoms with Gasteiger partial charge in [0.25, 0.3) is 0 Å². The number of alkyl halides is 1. The van der Waals surface area contributed by atoms with Crippen molar-refractivity contribution in [1.82, 2.24) is 4.57 Å². The van der Waals surface area contributed by atoms with Gasteiger partial charge in [-0.2, -0.15) is 0 Å². The van der Waals surface area contributed by atoms with Gasteiger partial charge in [0, 0.05) is 31.1 Å². The number of carboxylic acid groups (broad SMARTS) is 1. The van der Waals surface area contributed by atoms with E-state index >= 15 is 4.39 Å². The summed E-state index contributed by atoms with van der Waals surface area (Å²) >= 11 is 0. The molecule has 8 nitrogen and oxygen atoms in total. The molecule has 2 saturated carbocycles. The van der Waals surface area contributed by atoms with Crippen LogP contribution in [0.2, 0.25) is 0 Å². The number of anilines is 1. The van der Waals surface area contributed by atoms with Crippen LogP contribution >= 0.6 is 0 Å². The van der Waals surface area contributed by atoms with Crippen molar-refractivity contribution in [1.29, 1.82) is 0 Å². The molecule has 2 saturated heterocycles. The fourth-order valence-corrected chi connectivity index (χ4v) is 5.61. The largest absolute Gasteiger partial charge is 0.492 e. The predicted molar refractivity (Wildman–Crippen MR) is 106 cm³/mol. The Morgan fingerprint density at radius 2 is 2.16 bits per heavy atom. The van der Waals surface area contributed by atoms with E-state index in [1.165, 1.54) is 11.7 Å². The standard InChI is InChI=1S/C21H21F2N3O5/c1-30-18-15-9(17(27)10(19(28)29)5-26(15)13-3-11(13)22)2-12(23)16(18)25-6-20-4-14(20)31-8-21(20,24)7-25/h2,5,11,13-14H,3-4,6-8,24H2,1H3,(H,28,29)/t11-,13+,14?,20?,21-/m0/s1. The monoisotopic (exact) mass is 433 g/mol. The fourth-order valence-electron chi connectivity index (χ4n) is 5.61. The van der Waals surface area contributed by atoms with E-state index in [9.17, 15) is 19.1 Å². The SMILES string of the molecule is COc1c(N2CC34CC3OC[C@@]4(N)C2)c(F)cc2c(=O)c(C(=O)O)cn([C@@H]3C[C@@H]3F)c12. The number of nitrogens with two attached hydrogens (primary N) is 1. The minimum absolute atomic E-state index is 0.0621. The third-order valence-corrected chi connectivity index (χ3v) is 7.47. The molecule has 3 N–H and O–H groups in total. The summed E-state index contributed by atoms with van der Waals surface area (Å²) in [7, 11) is 1.36. The smallest absolute Gasteiger partial charge is 0.341 e. The van der Waals surface area contributed by atoms with Gasteiger partial charge in [-0.05, 0) is 12.5 Å². The van der Waals surface area contributed by atoms with Crippen molar-refractivity contribution in [2.75, 3.05) is 31.7 Å². The summed E-state index contributed by atoms with van der Waals surface area (Å²) in [5.74, 6) is -2.07. The number of hydrogen-bond donors (Lipinski definition) is 2. The Morgan fingerprint density at radius 1 is 1.42 bits per heavy atom. The van der Waals surface area contributed by atoms with Gasteiger partial charge in [-0.15, -0.1) is 0 Å². The topological polar surface area (TPSA) is 107 Å². The van der Waals surface area contributed by atoms with Crippen molar-refractivity contribution in [3.8, 4) is 5.75 Å². The highest BCUT2D eigenvalue weighted by atomic mass is 19.1. The van der Waals surface area contributed by atoms with Gasteiger partial charge in [0.1, 0.15) is 17.4 Å². The molecular formula is C21H21F2N3O5. The molecule has 1 aromatic carbocycles. The first kappa shape index (κ1) is 19.0. The number of rotatable bonds is 4. The van der Waals surface area contributed by atoms with Crippen molar-refractivity contribution in [3.63, 3.8) is 0 Å². The number of nitrogens with zero attached hydrogens (tertiary/aromatic N) is 2. The normalized spacial score (nSPS) is 35.2. The third-order valence-electron chi connectivity index (χ3n) is 7.47. The maximum atomic E-state index is 15.4. The van der Waals surface area contributed by atoms with Crippen molar-refractivity contribution in [2.24, 2.45) is 11.1 Å². The maximum absolute atomic E-state index is 15.4. The lowest BCUT2D eigenvalue weighted by atomic mass is 9.87. The van der Waals surface area contributed by atoms with Crippen LogP contribution in [0.4, 0.5) is 14.5 Å². The number of pyridine rings is 1. The average molecular weight is 433 g/mol. The molecule has 1 spiro atoms. The quantitative estimate of drug-likeness (QED) is 0.751. The number of ether oxygens (including phenoxy) is 2. The van der Waals surface area contributed by atoms with Gasteiger partial charge in [0.05, 0.1) is 42.3 Å². The zero-order chi connectivity index (χ0) is 21.9. The molecule has 5 atom stereocenters.